The number of carbonyl (C=O) groups excluding carboxylic acids is 1. The largest absolute Gasteiger partial charge is 0.442 e. The molecule has 3 nitrogen and oxygen atoms in total. The first kappa shape index (κ1) is 34.8. The van der Waals surface area contributed by atoms with E-state index < -0.39 is 23.9 Å². The van der Waals surface area contributed by atoms with Crippen LogP contribution >= 0.6 is 0 Å². The van der Waals surface area contributed by atoms with Crippen molar-refractivity contribution >= 4 is 5.97 Å². The van der Waals surface area contributed by atoms with Crippen LogP contribution < -0.4 is 0 Å². The van der Waals surface area contributed by atoms with Crippen LogP contribution in [-0.4, -0.2) is 25.4 Å². The monoisotopic (exact) mass is 550 g/mol. The van der Waals surface area contributed by atoms with Gasteiger partial charge in [0.1, 0.15) is 0 Å². The van der Waals surface area contributed by atoms with E-state index in [-0.39, 0.29) is 5.56 Å². The first-order chi connectivity index (χ1) is 18.7. The number of halogens is 3. The Balaban J connectivity index is 2.31. The van der Waals surface area contributed by atoms with Gasteiger partial charge in [-0.05, 0) is 24.8 Å². The molecule has 0 amide bonds. The van der Waals surface area contributed by atoms with Crippen molar-refractivity contribution in [1.82, 2.24) is 0 Å². The maximum Gasteiger partial charge on any atom is 0.432 e. The lowest BCUT2D eigenvalue weighted by atomic mass is 9.92. The number of hydrogen-bond acceptors (Lipinski definition) is 3. The molecule has 0 heterocycles. The SMILES string of the molecule is C#C[C@H](/C=C/CCCCCCCCC(C)CCCCCCCC)OC(=O)[C@](OC)(c1ccccc1)C(F)(F)F. The number of unbranched alkanes of at least 4 members (excludes halogenated alkanes) is 11. The molecule has 6 heteroatoms. The van der Waals surface area contributed by atoms with Gasteiger partial charge in [0, 0.05) is 12.7 Å². The van der Waals surface area contributed by atoms with E-state index in [2.05, 4.69) is 19.8 Å². The number of rotatable bonds is 21. The van der Waals surface area contributed by atoms with Crippen molar-refractivity contribution < 1.29 is 27.4 Å². The minimum Gasteiger partial charge on any atom is -0.442 e. The molecule has 0 radical (unpaired) electrons. The van der Waals surface area contributed by atoms with Gasteiger partial charge in [0.05, 0.1) is 0 Å². The fraction of sp³-hybridized carbons (Fsp3) is 0.667. The van der Waals surface area contributed by atoms with E-state index in [4.69, 9.17) is 15.9 Å². The zero-order chi connectivity index (χ0) is 29.0. The zero-order valence-electron chi connectivity index (χ0n) is 24.2. The lowest BCUT2D eigenvalue weighted by Crippen LogP contribution is -2.52. The van der Waals surface area contributed by atoms with Gasteiger partial charge in [0.15, 0.2) is 6.10 Å². The fourth-order valence-corrected chi connectivity index (χ4v) is 4.81. The first-order valence-electron chi connectivity index (χ1n) is 14.7. The molecule has 1 aromatic rings. The summed E-state index contributed by atoms with van der Waals surface area (Å²) in [6, 6.07) is 6.71. The Labute approximate surface area is 234 Å². The molecule has 0 saturated heterocycles. The summed E-state index contributed by atoms with van der Waals surface area (Å²) < 4.78 is 51.8. The summed E-state index contributed by atoms with van der Waals surface area (Å²) in [4.78, 5) is 12.7. The third-order valence-electron chi connectivity index (χ3n) is 7.25. The van der Waals surface area contributed by atoms with Gasteiger partial charge in [-0.25, -0.2) is 4.79 Å². The molecule has 0 saturated carbocycles. The molecule has 0 bridgehead atoms. The molecule has 1 aromatic carbocycles. The highest BCUT2D eigenvalue weighted by Gasteiger charge is 2.64. The second-order valence-electron chi connectivity index (χ2n) is 10.5. The smallest absolute Gasteiger partial charge is 0.432 e. The molecule has 3 atom stereocenters. The quantitative estimate of drug-likeness (QED) is 0.0661. The lowest BCUT2D eigenvalue weighted by molar-refractivity contribution is -0.276. The van der Waals surface area contributed by atoms with Crippen LogP contribution in [0.15, 0.2) is 42.5 Å². The van der Waals surface area contributed by atoms with Gasteiger partial charge in [-0.2, -0.15) is 13.2 Å². The van der Waals surface area contributed by atoms with E-state index >= 15 is 0 Å². The van der Waals surface area contributed by atoms with Gasteiger partial charge in [-0.15, -0.1) is 6.42 Å². The van der Waals surface area contributed by atoms with Gasteiger partial charge < -0.3 is 9.47 Å². The number of terminal acetylenes is 1. The van der Waals surface area contributed by atoms with Crippen molar-refractivity contribution in [3.05, 3.63) is 48.0 Å². The van der Waals surface area contributed by atoms with Gasteiger partial charge in [-0.3, -0.25) is 0 Å². The molecule has 39 heavy (non-hydrogen) atoms. The predicted octanol–water partition coefficient (Wildman–Crippen LogP) is 9.70. The van der Waals surface area contributed by atoms with Crippen molar-refractivity contribution in [2.45, 2.75) is 128 Å². The highest BCUT2D eigenvalue weighted by Crippen LogP contribution is 2.43. The number of allylic oxidation sites excluding steroid dienone is 1. The van der Waals surface area contributed by atoms with Crippen LogP contribution in [0.25, 0.3) is 0 Å². The number of methoxy groups -OCH3 is 1. The van der Waals surface area contributed by atoms with Gasteiger partial charge >= 0.3 is 12.1 Å². The molecule has 0 aliphatic rings. The Kier molecular flexibility index (Phi) is 17.6. The zero-order valence-corrected chi connectivity index (χ0v) is 24.2. The van der Waals surface area contributed by atoms with E-state index in [0.29, 0.717) is 0 Å². The van der Waals surface area contributed by atoms with E-state index in [1.807, 2.05) is 0 Å². The second kappa shape index (κ2) is 19.7. The molecule has 220 valence electrons. The topological polar surface area (TPSA) is 35.5 Å². The molecule has 0 aromatic heterocycles. The Bertz CT molecular complexity index is 844. The van der Waals surface area contributed by atoms with Gasteiger partial charge in [0.25, 0.3) is 5.60 Å². The van der Waals surface area contributed by atoms with E-state index in [9.17, 15) is 18.0 Å². The summed E-state index contributed by atoms with van der Waals surface area (Å²) in [7, 11) is 0.833. The average Bonchev–Trinajstić information content (AvgIpc) is 2.91. The molecular weight excluding hydrogens is 501 g/mol. The van der Waals surface area contributed by atoms with Crippen LogP contribution in [0.4, 0.5) is 13.2 Å². The summed E-state index contributed by atoms with van der Waals surface area (Å²) in [6.45, 7) is 4.63. The minimum absolute atomic E-state index is 0.364. The molecule has 0 aliphatic carbocycles. The fourth-order valence-electron chi connectivity index (χ4n) is 4.81. The molecular formula is C33H49F3O3. The van der Waals surface area contributed by atoms with E-state index in [0.717, 1.165) is 38.7 Å². The van der Waals surface area contributed by atoms with Crippen molar-refractivity contribution in [3.8, 4) is 12.3 Å². The van der Waals surface area contributed by atoms with Crippen LogP contribution in [0.2, 0.25) is 0 Å². The molecule has 0 spiro atoms. The number of alkyl halides is 3. The summed E-state index contributed by atoms with van der Waals surface area (Å²) in [5.41, 5.74) is -3.61. The standard InChI is InChI=1S/C33H49F3O3/c1-5-7-8-9-14-18-23-28(3)24-19-15-12-10-11-13-16-22-27-30(6-2)39-31(37)32(38-4,33(34,35)36)29-25-20-17-21-26-29/h2,17,20-22,25-28,30H,5,7-16,18-19,23-24H2,1,3-4H3/b27-22+/t28?,30-,32-/m1/s1. The highest BCUT2D eigenvalue weighted by molar-refractivity contribution is 5.83. The summed E-state index contributed by atoms with van der Waals surface area (Å²) in [5, 5.41) is 0. The predicted molar refractivity (Wildman–Crippen MR) is 153 cm³/mol. The third kappa shape index (κ3) is 12.6. The number of esters is 1. The summed E-state index contributed by atoms with van der Waals surface area (Å²) in [5.74, 6) is 1.47. The molecule has 0 aliphatic heterocycles. The van der Waals surface area contributed by atoms with Crippen molar-refractivity contribution in [2.75, 3.05) is 7.11 Å². The first-order valence-corrected chi connectivity index (χ1v) is 14.7. The number of ether oxygens (including phenoxy) is 2. The average molecular weight is 551 g/mol. The highest BCUT2D eigenvalue weighted by atomic mass is 19.4. The number of carbonyl (C=O) groups is 1. The van der Waals surface area contributed by atoms with Crippen molar-refractivity contribution in [2.24, 2.45) is 5.92 Å². The van der Waals surface area contributed by atoms with Gasteiger partial charge in [0.2, 0.25) is 0 Å². The maximum absolute atomic E-state index is 14.0. The number of benzene rings is 1. The maximum atomic E-state index is 14.0. The lowest BCUT2D eigenvalue weighted by Gasteiger charge is -2.32. The van der Waals surface area contributed by atoms with Crippen LogP contribution in [0.3, 0.4) is 0 Å². The molecule has 0 N–H and O–H groups in total. The summed E-state index contributed by atoms with van der Waals surface area (Å²) >= 11 is 0. The Morgan fingerprint density at radius 2 is 1.46 bits per heavy atom. The molecule has 1 unspecified atom stereocenters. The van der Waals surface area contributed by atoms with E-state index in [1.165, 1.54) is 101 Å². The normalized spacial score (nSPS) is 15.0. The van der Waals surface area contributed by atoms with Gasteiger partial charge in [-0.1, -0.05) is 140 Å². The van der Waals surface area contributed by atoms with Crippen LogP contribution in [0.5, 0.6) is 0 Å². The van der Waals surface area contributed by atoms with Crippen molar-refractivity contribution in [3.63, 3.8) is 0 Å². The van der Waals surface area contributed by atoms with Crippen molar-refractivity contribution in [1.29, 1.82) is 0 Å². The van der Waals surface area contributed by atoms with Crippen LogP contribution in [-0.2, 0) is 19.9 Å². The summed E-state index contributed by atoms with van der Waals surface area (Å²) in [6.07, 6.45) is 20.9. The minimum atomic E-state index is -5.03. The van der Waals surface area contributed by atoms with Crippen LogP contribution in [0, 0.1) is 18.3 Å². The third-order valence-corrected chi connectivity index (χ3v) is 7.25. The van der Waals surface area contributed by atoms with E-state index in [1.54, 1.807) is 12.1 Å². The second-order valence-corrected chi connectivity index (χ2v) is 10.5. The molecule has 0 fully saturated rings. The number of hydrogen-bond donors (Lipinski definition) is 0. The van der Waals surface area contributed by atoms with Crippen LogP contribution in [0.1, 0.15) is 116 Å². The Hall–Kier alpha value is -2.26. The Morgan fingerprint density at radius 1 is 0.923 bits per heavy atom. The molecule has 1 rings (SSSR count). The Morgan fingerprint density at radius 3 is 1.97 bits per heavy atom.